The monoisotopic (exact) mass is 712 g/mol. The van der Waals surface area contributed by atoms with Crippen LogP contribution in [-0.2, 0) is 49.6 Å². The first kappa shape index (κ1) is 42.2. The van der Waals surface area contributed by atoms with Gasteiger partial charge in [-0.15, -0.1) is 0 Å². The number of carbonyl (C=O) groups is 7. The van der Waals surface area contributed by atoms with Crippen LogP contribution >= 0.6 is 0 Å². The Morgan fingerprint density at radius 3 is 2.24 bits per heavy atom. The molecule has 0 spiro atoms. The molecule has 0 saturated carbocycles. The van der Waals surface area contributed by atoms with Crippen LogP contribution in [0.5, 0.6) is 0 Å². The maximum absolute atomic E-state index is 13.9. The quantitative estimate of drug-likeness (QED) is 0.109. The zero-order valence-corrected chi connectivity index (χ0v) is 30.3. The molecule has 1 heterocycles. The minimum atomic E-state index is -1.16. The summed E-state index contributed by atoms with van der Waals surface area (Å²) in [6, 6.07) is 5.04. The molecule has 0 radical (unpaired) electrons. The van der Waals surface area contributed by atoms with Gasteiger partial charge in [-0.05, 0) is 68.6 Å². The fourth-order valence-corrected chi connectivity index (χ4v) is 5.38. The van der Waals surface area contributed by atoms with E-state index < -0.39 is 71.6 Å². The molecule has 4 amide bonds. The van der Waals surface area contributed by atoms with E-state index in [0.29, 0.717) is 19.3 Å². The van der Waals surface area contributed by atoms with Crippen LogP contribution in [0.2, 0.25) is 0 Å². The number of amides is 4. The van der Waals surface area contributed by atoms with E-state index in [4.69, 9.17) is 14.2 Å². The smallest absolute Gasteiger partial charge is 0.408 e. The molecule has 1 aliphatic rings. The third-order valence-electron chi connectivity index (χ3n) is 7.97. The predicted octanol–water partition coefficient (Wildman–Crippen LogP) is 3.14. The van der Waals surface area contributed by atoms with Gasteiger partial charge in [0.25, 0.3) is 0 Å². The van der Waals surface area contributed by atoms with E-state index in [1.165, 1.54) is 24.2 Å². The highest BCUT2D eigenvalue weighted by molar-refractivity contribution is 6.02. The number of methoxy groups -OCH3 is 1. The zero-order chi connectivity index (χ0) is 37.9. The number of alkyl carbamates (subject to hydrolysis) is 1. The van der Waals surface area contributed by atoms with Crippen molar-refractivity contribution < 1.29 is 47.8 Å². The summed E-state index contributed by atoms with van der Waals surface area (Å²) in [6.07, 6.45) is 5.42. The summed E-state index contributed by atoms with van der Waals surface area (Å²) in [5, 5.41) is 8.06. The van der Waals surface area contributed by atoms with Crippen LogP contribution in [0.1, 0.15) is 72.3 Å². The van der Waals surface area contributed by atoms with E-state index >= 15 is 0 Å². The number of carbonyl (C=O) groups excluding carboxylic acids is 7. The van der Waals surface area contributed by atoms with Crippen molar-refractivity contribution in [1.82, 2.24) is 20.9 Å². The van der Waals surface area contributed by atoms with Gasteiger partial charge in [-0.25, -0.2) is 14.4 Å². The topological polar surface area (TPSA) is 187 Å². The lowest BCUT2D eigenvalue weighted by atomic mass is 10.0. The van der Waals surface area contributed by atoms with Crippen molar-refractivity contribution in [1.29, 1.82) is 0 Å². The van der Waals surface area contributed by atoms with Gasteiger partial charge >= 0.3 is 18.0 Å². The first-order valence-electron chi connectivity index (χ1n) is 17.3. The predicted molar refractivity (Wildman–Crippen MR) is 188 cm³/mol. The van der Waals surface area contributed by atoms with Gasteiger partial charge in [-0.3, -0.25) is 19.2 Å². The van der Waals surface area contributed by atoms with E-state index in [0.717, 1.165) is 17.7 Å². The van der Waals surface area contributed by atoms with E-state index in [1.54, 1.807) is 45.0 Å². The van der Waals surface area contributed by atoms with Crippen molar-refractivity contribution in [2.24, 2.45) is 11.8 Å². The average Bonchev–Trinajstić information content (AvgIpc) is 3.60. The third-order valence-corrected chi connectivity index (χ3v) is 7.97. The molecule has 1 fully saturated rings. The molecule has 14 nitrogen and oxygen atoms in total. The molecular formula is C37H52N4O10. The number of hydrogen-bond donors (Lipinski definition) is 3. The number of nitrogens with zero attached hydrogens (tertiary/aromatic N) is 1. The first-order valence-corrected chi connectivity index (χ1v) is 17.3. The lowest BCUT2D eigenvalue weighted by Crippen LogP contribution is -2.59. The molecule has 0 aliphatic carbocycles. The number of benzene rings is 1. The molecular weight excluding hydrogens is 660 g/mol. The van der Waals surface area contributed by atoms with Crippen molar-refractivity contribution >= 4 is 41.5 Å². The second-order valence-corrected chi connectivity index (χ2v) is 12.9. The fourth-order valence-electron chi connectivity index (χ4n) is 5.38. The van der Waals surface area contributed by atoms with E-state index in [-0.39, 0.29) is 38.5 Å². The summed E-state index contributed by atoms with van der Waals surface area (Å²) in [5.41, 5.74) is 0.739. The molecule has 14 heteroatoms. The van der Waals surface area contributed by atoms with E-state index in [1.807, 2.05) is 19.9 Å². The molecule has 1 aromatic carbocycles. The summed E-state index contributed by atoms with van der Waals surface area (Å²) in [4.78, 5) is 91.1. The number of esters is 2. The van der Waals surface area contributed by atoms with Crippen LogP contribution in [0, 0.1) is 11.8 Å². The molecule has 51 heavy (non-hydrogen) atoms. The van der Waals surface area contributed by atoms with Gasteiger partial charge < -0.3 is 35.1 Å². The van der Waals surface area contributed by atoms with Gasteiger partial charge in [0.15, 0.2) is 5.78 Å². The van der Waals surface area contributed by atoms with Gasteiger partial charge in [0, 0.05) is 12.6 Å². The van der Waals surface area contributed by atoms with Gasteiger partial charge in [0.2, 0.25) is 17.7 Å². The highest BCUT2D eigenvalue weighted by Gasteiger charge is 2.40. The van der Waals surface area contributed by atoms with Gasteiger partial charge in [-0.1, -0.05) is 64.1 Å². The Hall–Kier alpha value is -5.01. The maximum atomic E-state index is 13.9. The average molecular weight is 713 g/mol. The number of rotatable bonds is 19. The van der Waals surface area contributed by atoms with Crippen LogP contribution in [0.3, 0.4) is 0 Å². The molecule has 3 N–H and O–H groups in total. The minimum absolute atomic E-state index is 0.0379. The van der Waals surface area contributed by atoms with Crippen LogP contribution in [-0.4, -0.2) is 90.9 Å². The van der Waals surface area contributed by atoms with Crippen molar-refractivity contribution in [3.8, 4) is 0 Å². The van der Waals surface area contributed by atoms with Crippen molar-refractivity contribution in [2.75, 3.05) is 20.3 Å². The summed E-state index contributed by atoms with van der Waals surface area (Å²) in [5.74, 6) is -3.63. The summed E-state index contributed by atoms with van der Waals surface area (Å²) >= 11 is 0. The number of nitrogens with one attached hydrogen (secondary N) is 3. The molecule has 0 unspecified atom stereocenters. The second kappa shape index (κ2) is 21.9. The number of ketones is 1. The number of likely N-dealkylation sites (tertiary alicyclic amines) is 1. The molecule has 0 bridgehead atoms. The zero-order valence-electron chi connectivity index (χ0n) is 30.3. The van der Waals surface area contributed by atoms with Gasteiger partial charge in [0.1, 0.15) is 30.8 Å². The summed E-state index contributed by atoms with van der Waals surface area (Å²) < 4.78 is 14.9. The van der Waals surface area contributed by atoms with E-state index in [2.05, 4.69) is 16.0 Å². The standard InChI is InChI=1S/C37H52N4O10/c1-7-50-31(43)20-19-27(42)16-11-12-17-28(39-37(48)51-23-26-14-9-8-10-15-26)33(44)40-32(25(4)5)35(46)41-21-13-18-30(41)34(45)38-29(22-24(2)3)36(47)49-6/h8-11,14-16,19-20,24-25,28-30,32H,7,12-13,17-18,21-23H2,1-6H3,(H,38,45)(H,39,48)(H,40,44)/b16-11+,20-19+/t28-,29-,30-,32-/m0/s1. The summed E-state index contributed by atoms with van der Waals surface area (Å²) in [7, 11) is 1.25. The van der Waals surface area contributed by atoms with Crippen LogP contribution in [0.4, 0.5) is 4.79 Å². The Morgan fingerprint density at radius 1 is 0.902 bits per heavy atom. The Balaban J connectivity index is 2.18. The Kier molecular flexibility index (Phi) is 18.1. The van der Waals surface area contributed by atoms with Crippen molar-refractivity contribution in [2.45, 2.75) is 97.5 Å². The summed E-state index contributed by atoms with van der Waals surface area (Å²) in [6.45, 7) is 9.38. The highest BCUT2D eigenvalue weighted by Crippen LogP contribution is 2.21. The van der Waals surface area contributed by atoms with Crippen LogP contribution in [0.25, 0.3) is 0 Å². The van der Waals surface area contributed by atoms with Gasteiger partial charge in [-0.2, -0.15) is 0 Å². The third kappa shape index (κ3) is 14.8. The minimum Gasteiger partial charge on any atom is -0.467 e. The first-order chi connectivity index (χ1) is 24.3. The van der Waals surface area contributed by atoms with E-state index in [9.17, 15) is 33.6 Å². The molecule has 1 saturated heterocycles. The fraction of sp³-hybridized carbons (Fsp3) is 0.541. The highest BCUT2D eigenvalue weighted by atomic mass is 16.5. The Bertz CT molecular complexity index is 1410. The molecule has 1 aromatic rings. The van der Waals surface area contributed by atoms with Gasteiger partial charge in [0.05, 0.1) is 13.7 Å². The molecule has 4 atom stereocenters. The molecule has 280 valence electrons. The van der Waals surface area contributed by atoms with Crippen LogP contribution in [0.15, 0.2) is 54.6 Å². The van der Waals surface area contributed by atoms with Crippen molar-refractivity contribution in [3.63, 3.8) is 0 Å². The lowest BCUT2D eigenvalue weighted by molar-refractivity contribution is -0.147. The number of allylic oxidation sites excluding steroid dienone is 3. The number of hydrogen-bond acceptors (Lipinski definition) is 10. The van der Waals surface area contributed by atoms with Crippen LogP contribution < -0.4 is 16.0 Å². The largest absolute Gasteiger partial charge is 0.467 e. The molecule has 1 aliphatic heterocycles. The Morgan fingerprint density at radius 2 is 1.61 bits per heavy atom. The Labute approximate surface area is 299 Å². The molecule has 0 aromatic heterocycles. The normalized spacial score (nSPS) is 16.1. The SMILES string of the molecule is CCOC(=O)/C=C/C(=O)/C=C/CC[C@H](NC(=O)OCc1ccccc1)C(=O)N[C@H](C(=O)N1CCC[C@H]1C(=O)N[C@@H](CC(C)C)C(=O)OC)C(C)C. The lowest BCUT2D eigenvalue weighted by Gasteiger charge is -2.32. The maximum Gasteiger partial charge on any atom is 0.408 e. The second-order valence-electron chi connectivity index (χ2n) is 12.9. The molecule has 2 rings (SSSR count). The number of ether oxygens (including phenoxy) is 3. The van der Waals surface area contributed by atoms with Crippen molar-refractivity contribution in [3.05, 3.63) is 60.2 Å².